The van der Waals surface area contributed by atoms with Crippen molar-refractivity contribution in [2.45, 2.75) is 73.1 Å². The van der Waals surface area contributed by atoms with Gasteiger partial charge in [0.25, 0.3) is 0 Å². The molecule has 1 fully saturated rings. The first kappa shape index (κ1) is 17.8. The number of rotatable bonds is 8. The van der Waals surface area contributed by atoms with Crippen LogP contribution in [0.3, 0.4) is 0 Å². The van der Waals surface area contributed by atoms with Crippen LogP contribution >= 0.6 is 0 Å². The summed E-state index contributed by atoms with van der Waals surface area (Å²) in [5, 5.41) is 0. The van der Waals surface area contributed by atoms with E-state index in [1.807, 2.05) is 0 Å². The van der Waals surface area contributed by atoms with Gasteiger partial charge in [0.2, 0.25) is 0 Å². The van der Waals surface area contributed by atoms with Crippen LogP contribution in [-0.2, 0) is 0 Å². The molecule has 1 rings (SSSR count). The van der Waals surface area contributed by atoms with Gasteiger partial charge >= 0.3 is 127 Å². The summed E-state index contributed by atoms with van der Waals surface area (Å²) in [5.74, 6) is 2.03. The van der Waals surface area contributed by atoms with E-state index in [4.69, 9.17) is 0 Å². The number of hydrogen-bond donors (Lipinski definition) is 0. The summed E-state index contributed by atoms with van der Waals surface area (Å²) in [7, 11) is 0. The molecule has 118 valence electrons. The zero-order valence-electron chi connectivity index (χ0n) is 14.4. The Kier molecular flexibility index (Phi) is 7.17. The molecular weight excluding hydrogens is 343 g/mol. The molecule has 4 atom stereocenters. The van der Waals surface area contributed by atoms with Gasteiger partial charge in [-0.1, -0.05) is 0 Å². The maximum atomic E-state index is 2.74. The molecule has 1 aliphatic heterocycles. The molecule has 0 spiro atoms. The topological polar surface area (TPSA) is 0 Å². The van der Waals surface area contributed by atoms with Gasteiger partial charge in [0, 0.05) is 0 Å². The Morgan fingerprint density at radius 1 is 1.16 bits per heavy atom. The van der Waals surface area contributed by atoms with E-state index in [9.17, 15) is 0 Å². The van der Waals surface area contributed by atoms with Crippen LogP contribution in [-0.4, -0.2) is 18.2 Å². The third-order valence-electron chi connectivity index (χ3n) is 5.86. The summed E-state index contributed by atoms with van der Waals surface area (Å²) in [5.41, 5.74) is 0.729. The van der Waals surface area contributed by atoms with Crippen molar-refractivity contribution in [3.63, 3.8) is 0 Å². The van der Waals surface area contributed by atoms with E-state index in [-0.39, 0.29) is 0 Å². The number of unbranched alkanes of at least 4 members (excludes halogenated alkanes) is 1. The zero-order valence-corrected chi connectivity index (χ0v) is 16.6. The van der Waals surface area contributed by atoms with Crippen LogP contribution in [0.15, 0.2) is 0 Å². The fourth-order valence-corrected chi connectivity index (χ4v) is 15.0. The summed E-state index contributed by atoms with van der Waals surface area (Å²) < 4.78 is 4.89. The van der Waals surface area contributed by atoms with Gasteiger partial charge < -0.3 is 0 Å². The predicted molar refractivity (Wildman–Crippen MR) is 86.0 cm³/mol. The average Bonchev–Trinajstić information content (AvgIpc) is 2.71. The summed E-state index contributed by atoms with van der Waals surface area (Å²) in [6, 6.07) is 0. The Hall–Kier alpha value is 0.730. The molecule has 0 nitrogen and oxygen atoms in total. The number of alkyl halides is 4. The third kappa shape index (κ3) is 3.89. The Morgan fingerprint density at radius 2 is 1.84 bits per heavy atom. The molecule has 1 heterocycles. The molecular formula is C18H38I-. The molecule has 0 saturated carbocycles. The van der Waals surface area contributed by atoms with Crippen molar-refractivity contribution >= 4 is 0 Å². The molecule has 19 heavy (non-hydrogen) atoms. The van der Waals surface area contributed by atoms with Crippen molar-refractivity contribution in [2.24, 2.45) is 17.3 Å². The predicted octanol–water partition coefficient (Wildman–Crippen LogP) is 2.45. The molecule has 0 bridgehead atoms. The van der Waals surface area contributed by atoms with Crippen molar-refractivity contribution in [1.82, 2.24) is 0 Å². The molecule has 0 aliphatic carbocycles. The number of hydrogen-bond acceptors (Lipinski definition) is 0. The molecule has 1 saturated heterocycles. The molecule has 0 N–H and O–H groups in total. The quantitative estimate of drug-likeness (QED) is 0.448. The molecule has 1 aliphatic rings. The van der Waals surface area contributed by atoms with Gasteiger partial charge in [-0.05, 0) is 0 Å². The molecule has 0 amide bonds. The Labute approximate surface area is 127 Å². The Morgan fingerprint density at radius 3 is 2.32 bits per heavy atom. The van der Waals surface area contributed by atoms with Gasteiger partial charge in [-0.15, -0.1) is 0 Å². The van der Waals surface area contributed by atoms with E-state index in [0.717, 1.165) is 17.3 Å². The zero-order chi connectivity index (χ0) is 14.5. The molecule has 0 aromatic rings. The van der Waals surface area contributed by atoms with Crippen molar-refractivity contribution in [3.8, 4) is 0 Å². The first-order chi connectivity index (χ1) is 8.98. The van der Waals surface area contributed by atoms with Crippen LogP contribution in [0.1, 0.15) is 73.1 Å². The van der Waals surface area contributed by atoms with Crippen LogP contribution < -0.4 is 18.4 Å². The number of halogens is 1. The Bertz CT molecular complexity index is 262. The van der Waals surface area contributed by atoms with Crippen LogP contribution in [0.4, 0.5) is 0 Å². The summed E-state index contributed by atoms with van der Waals surface area (Å²) in [6.07, 6.45) is 8.63. The molecule has 4 unspecified atom stereocenters. The first-order valence-electron chi connectivity index (χ1n) is 8.59. The minimum atomic E-state index is -1.37. The summed E-state index contributed by atoms with van der Waals surface area (Å²) in [4.78, 5) is 2.74. The van der Waals surface area contributed by atoms with E-state index < -0.39 is 18.4 Å². The van der Waals surface area contributed by atoms with Gasteiger partial charge in [0.05, 0.1) is 0 Å². The van der Waals surface area contributed by atoms with Crippen molar-refractivity contribution in [3.05, 3.63) is 0 Å². The van der Waals surface area contributed by atoms with E-state index in [1.165, 1.54) is 38.5 Å². The van der Waals surface area contributed by atoms with Crippen LogP contribution in [0.2, 0.25) is 0 Å². The fourth-order valence-electron chi connectivity index (χ4n) is 4.35. The van der Waals surface area contributed by atoms with E-state index in [1.54, 1.807) is 13.3 Å². The third-order valence-corrected chi connectivity index (χ3v) is 16.0. The van der Waals surface area contributed by atoms with Crippen molar-refractivity contribution in [1.29, 1.82) is 0 Å². The van der Waals surface area contributed by atoms with Crippen molar-refractivity contribution in [2.75, 3.05) is 18.2 Å². The standard InChI is InChI=1S/C18H38I/c1-7-11-13-16(5)18(9-3)15-19(6,10-4)14-17(18)12-8-2/h16-17H,7-15H2,1-6H3/q-1. The van der Waals surface area contributed by atoms with E-state index in [0.29, 0.717) is 0 Å². The average molecular weight is 381 g/mol. The second-order valence-corrected chi connectivity index (χ2v) is 18.0. The first-order valence-corrected chi connectivity index (χ1v) is 15.3. The normalized spacial score (nSPS) is 40.0. The molecule has 0 aromatic carbocycles. The minimum absolute atomic E-state index is 0.729. The summed E-state index contributed by atoms with van der Waals surface area (Å²) in [6.45, 7) is 12.3. The maximum absolute atomic E-state index is 2.74. The second-order valence-electron chi connectivity index (χ2n) is 7.04. The van der Waals surface area contributed by atoms with Gasteiger partial charge in [-0.3, -0.25) is 0 Å². The van der Waals surface area contributed by atoms with E-state index in [2.05, 4.69) is 39.5 Å². The van der Waals surface area contributed by atoms with E-state index >= 15 is 0 Å². The fraction of sp³-hybridized carbons (Fsp3) is 1.00. The monoisotopic (exact) mass is 381 g/mol. The van der Waals surface area contributed by atoms with Gasteiger partial charge in [-0.2, -0.15) is 0 Å². The summed E-state index contributed by atoms with van der Waals surface area (Å²) >= 11 is -1.37. The molecule has 0 radical (unpaired) electrons. The van der Waals surface area contributed by atoms with Gasteiger partial charge in [-0.25, -0.2) is 0 Å². The second kappa shape index (κ2) is 7.66. The molecule has 0 aromatic heterocycles. The van der Waals surface area contributed by atoms with Gasteiger partial charge in [0.1, 0.15) is 0 Å². The van der Waals surface area contributed by atoms with Crippen LogP contribution in [0.25, 0.3) is 0 Å². The van der Waals surface area contributed by atoms with Crippen LogP contribution in [0, 0.1) is 17.3 Å². The van der Waals surface area contributed by atoms with Crippen molar-refractivity contribution < 1.29 is 18.4 Å². The molecule has 1 heteroatoms. The SMILES string of the molecule is CCCCC(C)C1(CC)C[I-](C)(CC)CC1CCC. The van der Waals surface area contributed by atoms with Gasteiger partial charge in [0.15, 0.2) is 0 Å². The Balaban J connectivity index is 2.92. The van der Waals surface area contributed by atoms with Crippen LogP contribution in [0.5, 0.6) is 0 Å².